The summed E-state index contributed by atoms with van der Waals surface area (Å²) in [7, 11) is 0. The maximum atomic E-state index is 13.0. The van der Waals surface area contributed by atoms with E-state index in [-0.39, 0.29) is 23.5 Å². The molecule has 0 unspecified atom stereocenters. The Bertz CT molecular complexity index is 563. The number of nitrogens with zero attached hydrogens (tertiary/aromatic N) is 2. The van der Waals surface area contributed by atoms with Crippen molar-refractivity contribution < 1.29 is 19.1 Å². The van der Waals surface area contributed by atoms with E-state index in [1.54, 1.807) is 4.90 Å². The van der Waals surface area contributed by atoms with Crippen molar-refractivity contribution >= 4 is 12.0 Å². The van der Waals surface area contributed by atoms with E-state index >= 15 is 0 Å². The van der Waals surface area contributed by atoms with Gasteiger partial charge in [-0.3, -0.25) is 9.69 Å². The average Bonchev–Trinajstić information content (AvgIpc) is 2.72. The first-order chi connectivity index (χ1) is 13.8. The molecule has 1 saturated carbocycles. The van der Waals surface area contributed by atoms with Gasteiger partial charge in [0.05, 0.1) is 19.1 Å². The average molecular weight is 410 g/mol. The molecule has 1 atom stereocenters. The molecule has 0 aromatic rings. The number of ether oxygens (including phenoxy) is 2. The largest absolute Gasteiger partial charge is 0.444 e. The fourth-order valence-electron chi connectivity index (χ4n) is 4.93. The molecule has 3 aliphatic rings. The molecule has 7 heteroatoms. The van der Waals surface area contributed by atoms with E-state index in [9.17, 15) is 9.59 Å². The van der Waals surface area contributed by atoms with Crippen molar-refractivity contribution in [1.82, 2.24) is 15.1 Å². The molecule has 0 bridgehead atoms. The molecule has 2 amide bonds. The molecule has 7 nitrogen and oxygen atoms in total. The molecular weight excluding hydrogens is 370 g/mol. The van der Waals surface area contributed by atoms with Gasteiger partial charge in [0.15, 0.2) is 0 Å². The lowest BCUT2D eigenvalue weighted by Crippen LogP contribution is -2.60. The van der Waals surface area contributed by atoms with Crippen LogP contribution >= 0.6 is 0 Å². The lowest BCUT2D eigenvalue weighted by Gasteiger charge is -2.48. The van der Waals surface area contributed by atoms with Crippen molar-refractivity contribution in [3.05, 3.63) is 0 Å². The third-order valence-electron chi connectivity index (χ3n) is 6.50. The van der Waals surface area contributed by atoms with Crippen molar-refractivity contribution in [3.8, 4) is 0 Å². The molecule has 0 aromatic carbocycles. The quantitative estimate of drug-likeness (QED) is 0.773. The van der Waals surface area contributed by atoms with Gasteiger partial charge >= 0.3 is 6.09 Å². The Balaban J connectivity index is 1.56. The zero-order valence-electron chi connectivity index (χ0n) is 18.5. The third-order valence-corrected chi connectivity index (χ3v) is 6.50. The number of likely N-dealkylation sites (tertiary alicyclic amines) is 1. The monoisotopic (exact) mass is 409 g/mol. The lowest BCUT2D eigenvalue weighted by atomic mass is 9.79. The van der Waals surface area contributed by atoms with Gasteiger partial charge in [0.1, 0.15) is 5.60 Å². The van der Waals surface area contributed by atoms with Crippen LogP contribution in [0.5, 0.6) is 0 Å². The van der Waals surface area contributed by atoms with Crippen molar-refractivity contribution in [3.63, 3.8) is 0 Å². The summed E-state index contributed by atoms with van der Waals surface area (Å²) in [6.07, 6.45) is 7.37. The summed E-state index contributed by atoms with van der Waals surface area (Å²) in [5, 5.41) is 3.27. The van der Waals surface area contributed by atoms with E-state index in [1.165, 1.54) is 19.3 Å². The Morgan fingerprint density at radius 3 is 2.41 bits per heavy atom. The molecule has 0 spiro atoms. The van der Waals surface area contributed by atoms with Crippen molar-refractivity contribution in [2.24, 2.45) is 5.92 Å². The van der Waals surface area contributed by atoms with Crippen LogP contribution in [0.2, 0.25) is 0 Å². The molecule has 166 valence electrons. The number of piperidine rings is 1. The highest BCUT2D eigenvalue weighted by atomic mass is 16.6. The number of carbonyl (C=O) groups excluding carboxylic acids is 2. The minimum atomic E-state index is -0.516. The first-order valence-corrected chi connectivity index (χ1v) is 11.4. The van der Waals surface area contributed by atoms with Crippen LogP contribution in [0.3, 0.4) is 0 Å². The molecule has 0 aromatic heterocycles. The first-order valence-electron chi connectivity index (χ1n) is 11.4. The Morgan fingerprint density at radius 2 is 1.76 bits per heavy atom. The van der Waals surface area contributed by atoms with Gasteiger partial charge in [0.2, 0.25) is 5.91 Å². The first kappa shape index (κ1) is 22.3. The smallest absolute Gasteiger partial charge is 0.410 e. The van der Waals surface area contributed by atoms with Gasteiger partial charge in [0, 0.05) is 38.3 Å². The van der Waals surface area contributed by atoms with Crippen LogP contribution in [0, 0.1) is 5.92 Å². The molecule has 1 aliphatic carbocycles. The van der Waals surface area contributed by atoms with Crippen LogP contribution in [-0.4, -0.2) is 78.9 Å². The van der Waals surface area contributed by atoms with E-state index in [4.69, 9.17) is 9.47 Å². The van der Waals surface area contributed by atoms with Crippen molar-refractivity contribution in [2.75, 3.05) is 45.9 Å². The Morgan fingerprint density at radius 1 is 1.07 bits per heavy atom. The van der Waals surface area contributed by atoms with E-state index in [0.717, 1.165) is 52.0 Å². The lowest BCUT2D eigenvalue weighted by molar-refractivity contribution is -0.127. The van der Waals surface area contributed by atoms with Gasteiger partial charge in [-0.15, -0.1) is 0 Å². The summed E-state index contributed by atoms with van der Waals surface area (Å²) >= 11 is 0. The molecular formula is C22H39N3O4. The van der Waals surface area contributed by atoms with Gasteiger partial charge in [-0.1, -0.05) is 19.3 Å². The van der Waals surface area contributed by atoms with Crippen molar-refractivity contribution in [2.45, 2.75) is 76.9 Å². The Labute approximate surface area is 175 Å². The summed E-state index contributed by atoms with van der Waals surface area (Å²) in [6.45, 7) is 10.9. The van der Waals surface area contributed by atoms with Crippen LogP contribution < -0.4 is 5.32 Å². The Hall–Kier alpha value is -1.34. The SMILES string of the molecule is CC(C)(C)OC(=O)N1CCC[C@@H](C(=O)NCC2(N3CCOCC3)CCCCC2)C1. The van der Waals surface area contributed by atoms with Gasteiger partial charge < -0.3 is 19.7 Å². The van der Waals surface area contributed by atoms with Gasteiger partial charge in [-0.25, -0.2) is 4.79 Å². The number of carbonyl (C=O) groups is 2. The number of morpholine rings is 1. The summed E-state index contributed by atoms with van der Waals surface area (Å²) in [5.74, 6) is -0.0712. The molecule has 3 fully saturated rings. The summed E-state index contributed by atoms with van der Waals surface area (Å²) in [6, 6.07) is 0. The number of rotatable bonds is 4. The fourth-order valence-corrected chi connectivity index (χ4v) is 4.93. The summed E-state index contributed by atoms with van der Waals surface area (Å²) in [4.78, 5) is 29.6. The molecule has 2 aliphatic heterocycles. The standard InChI is InChI=1S/C22H39N3O4/c1-21(2,3)29-20(27)24-11-7-8-18(16-24)19(26)23-17-22(9-5-4-6-10-22)25-12-14-28-15-13-25/h18H,4-17H2,1-3H3,(H,23,26)/t18-/m1/s1. The highest BCUT2D eigenvalue weighted by Gasteiger charge is 2.39. The summed E-state index contributed by atoms with van der Waals surface area (Å²) < 4.78 is 11.0. The van der Waals surface area contributed by atoms with E-state index in [1.807, 2.05) is 20.8 Å². The van der Waals surface area contributed by atoms with Crippen LogP contribution in [0.15, 0.2) is 0 Å². The topological polar surface area (TPSA) is 71.1 Å². The van der Waals surface area contributed by atoms with Gasteiger partial charge in [-0.2, -0.15) is 0 Å². The number of hydrogen-bond acceptors (Lipinski definition) is 5. The molecule has 1 N–H and O–H groups in total. The predicted octanol–water partition coefficient (Wildman–Crippen LogP) is 2.78. The van der Waals surface area contributed by atoms with Crippen molar-refractivity contribution in [1.29, 1.82) is 0 Å². The fraction of sp³-hybridized carbons (Fsp3) is 0.909. The highest BCUT2D eigenvalue weighted by molar-refractivity contribution is 5.80. The zero-order valence-corrected chi connectivity index (χ0v) is 18.5. The van der Waals surface area contributed by atoms with E-state index in [0.29, 0.717) is 19.6 Å². The molecule has 3 rings (SSSR count). The minimum Gasteiger partial charge on any atom is -0.444 e. The molecule has 2 saturated heterocycles. The third kappa shape index (κ3) is 6.07. The second kappa shape index (κ2) is 9.65. The molecule has 29 heavy (non-hydrogen) atoms. The van der Waals surface area contributed by atoms with Crippen LogP contribution in [-0.2, 0) is 14.3 Å². The second-order valence-corrected chi connectivity index (χ2v) is 9.87. The van der Waals surface area contributed by atoms with Gasteiger partial charge in [0.25, 0.3) is 0 Å². The highest BCUT2D eigenvalue weighted by Crippen LogP contribution is 2.34. The second-order valence-electron chi connectivity index (χ2n) is 9.87. The minimum absolute atomic E-state index is 0.0667. The number of hydrogen-bond donors (Lipinski definition) is 1. The number of amides is 2. The molecule has 0 radical (unpaired) electrons. The Kier molecular flexibility index (Phi) is 7.43. The maximum absolute atomic E-state index is 13.0. The van der Waals surface area contributed by atoms with Gasteiger partial charge in [-0.05, 0) is 46.5 Å². The normalized spacial score (nSPS) is 26.0. The number of nitrogens with one attached hydrogen (secondary N) is 1. The van der Waals surface area contributed by atoms with Crippen LogP contribution in [0.4, 0.5) is 4.79 Å². The summed E-state index contributed by atoms with van der Waals surface area (Å²) in [5.41, 5.74) is -0.449. The van der Waals surface area contributed by atoms with E-state index in [2.05, 4.69) is 10.2 Å². The van der Waals surface area contributed by atoms with Crippen LogP contribution in [0.1, 0.15) is 65.7 Å². The molecule has 2 heterocycles. The maximum Gasteiger partial charge on any atom is 0.410 e. The predicted molar refractivity (Wildman–Crippen MR) is 112 cm³/mol. The van der Waals surface area contributed by atoms with E-state index < -0.39 is 5.60 Å². The van der Waals surface area contributed by atoms with Crippen LogP contribution in [0.25, 0.3) is 0 Å². The zero-order chi connectivity index (χ0) is 20.9.